The van der Waals surface area contributed by atoms with E-state index >= 15 is 0 Å². The summed E-state index contributed by atoms with van der Waals surface area (Å²) < 4.78 is 10.1. The Bertz CT molecular complexity index is 476. The summed E-state index contributed by atoms with van der Waals surface area (Å²) in [7, 11) is 0. The van der Waals surface area contributed by atoms with E-state index in [1.165, 1.54) is 12.1 Å². The molecule has 20 heavy (non-hydrogen) atoms. The van der Waals surface area contributed by atoms with Crippen molar-refractivity contribution in [1.82, 2.24) is 0 Å². The number of ether oxygens (including phenoxy) is 2. The van der Waals surface area contributed by atoms with Crippen molar-refractivity contribution in [3.8, 4) is 5.75 Å². The van der Waals surface area contributed by atoms with E-state index in [9.17, 15) is 14.9 Å². The summed E-state index contributed by atoms with van der Waals surface area (Å²) in [6.07, 6.45) is 0.748. The SMILES string of the molecule is CCCOc1cccc(NCC(=O)OCC)c1[N+](=O)[O-]. The Balaban J connectivity index is 2.88. The van der Waals surface area contributed by atoms with Gasteiger partial charge in [0.15, 0.2) is 5.75 Å². The van der Waals surface area contributed by atoms with Crippen molar-refractivity contribution < 1.29 is 19.2 Å². The first kappa shape index (κ1) is 15.7. The third-order valence-corrected chi connectivity index (χ3v) is 2.37. The fourth-order valence-electron chi connectivity index (χ4n) is 1.56. The molecule has 1 aromatic rings. The van der Waals surface area contributed by atoms with E-state index in [0.29, 0.717) is 6.61 Å². The minimum absolute atomic E-state index is 0.133. The second-order valence-electron chi connectivity index (χ2n) is 3.92. The molecule has 0 bridgehead atoms. The molecule has 0 spiro atoms. The molecular formula is C13H18N2O5. The van der Waals surface area contributed by atoms with Crippen LogP contribution < -0.4 is 10.1 Å². The quantitative estimate of drug-likeness (QED) is 0.447. The van der Waals surface area contributed by atoms with Gasteiger partial charge in [0.25, 0.3) is 0 Å². The van der Waals surface area contributed by atoms with Gasteiger partial charge < -0.3 is 14.8 Å². The van der Waals surface area contributed by atoms with Gasteiger partial charge in [0, 0.05) is 0 Å². The summed E-state index contributed by atoms with van der Waals surface area (Å²) >= 11 is 0. The van der Waals surface area contributed by atoms with Crippen molar-refractivity contribution in [3.05, 3.63) is 28.3 Å². The zero-order chi connectivity index (χ0) is 15.0. The van der Waals surface area contributed by atoms with Crippen molar-refractivity contribution in [1.29, 1.82) is 0 Å². The van der Waals surface area contributed by atoms with Crippen molar-refractivity contribution in [2.75, 3.05) is 25.1 Å². The molecule has 0 aromatic heterocycles. The molecule has 0 radical (unpaired) electrons. The first-order chi connectivity index (χ1) is 9.60. The zero-order valence-electron chi connectivity index (χ0n) is 11.5. The molecule has 0 aliphatic carbocycles. The number of nitro groups is 1. The fraction of sp³-hybridized carbons (Fsp3) is 0.462. The average Bonchev–Trinajstić information content (AvgIpc) is 2.42. The molecule has 7 heteroatoms. The smallest absolute Gasteiger partial charge is 0.333 e. The van der Waals surface area contributed by atoms with Crippen LogP contribution in [-0.2, 0) is 9.53 Å². The summed E-state index contributed by atoms with van der Waals surface area (Å²) in [4.78, 5) is 21.9. The second kappa shape index (κ2) is 7.98. The Morgan fingerprint density at radius 1 is 1.40 bits per heavy atom. The van der Waals surface area contributed by atoms with Crippen LogP contribution in [0.1, 0.15) is 20.3 Å². The molecule has 0 fully saturated rings. The molecular weight excluding hydrogens is 264 g/mol. The van der Waals surface area contributed by atoms with E-state index in [1.807, 2.05) is 6.92 Å². The molecule has 0 unspecified atom stereocenters. The molecule has 1 aromatic carbocycles. The lowest BCUT2D eigenvalue weighted by atomic mass is 10.2. The van der Waals surface area contributed by atoms with Crippen LogP contribution in [0.3, 0.4) is 0 Å². The highest BCUT2D eigenvalue weighted by atomic mass is 16.6. The summed E-state index contributed by atoms with van der Waals surface area (Å²) in [5.41, 5.74) is 0.0573. The van der Waals surface area contributed by atoms with Crippen molar-refractivity contribution in [2.45, 2.75) is 20.3 Å². The van der Waals surface area contributed by atoms with E-state index < -0.39 is 10.9 Å². The number of rotatable bonds is 8. The molecule has 0 heterocycles. The van der Waals surface area contributed by atoms with E-state index in [-0.39, 0.29) is 30.3 Å². The predicted molar refractivity (Wildman–Crippen MR) is 74.0 cm³/mol. The van der Waals surface area contributed by atoms with Gasteiger partial charge in [-0.2, -0.15) is 0 Å². The minimum Gasteiger partial charge on any atom is -0.487 e. The number of para-hydroxylation sites is 1. The van der Waals surface area contributed by atoms with Gasteiger partial charge in [-0.3, -0.25) is 14.9 Å². The maximum absolute atomic E-state index is 11.3. The summed E-state index contributed by atoms with van der Waals surface area (Å²) in [6.45, 7) is 4.13. The van der Waals surface area contributed by atoms with E-state index in [4.69, 9.17) is 9.47 Å². The van der Waals surface area contributed by atoms with Gasteiger partial charge in [0.2, 0.25) is 0 Å². The molecule has 7 nitrogen and oxygen atoms in total. The standard InChI is InChI=1S/C13H18N2O5/c1-3-8-20-11-7-5-6-10(13(11)15(17)18)14-9-12(16)19-4-2/h5-7,14H,3-4,8-9H2,1-2H3. The summed E-state index contributed by atoms with van der Waals surface area (Å²) in [6, 6.07) is 4.69. The largest absolute Gasteiger partial charge is 0.487 e. The maximum Gasteiger partial charge on any atom is 0.333 e. The van der Waals surface area contributed by atoms with Crippen LogP contribution in [0.5, 0.6) is 5.75 Å². The van der Waals surface area contributed by atoms with Crippen LogP contribution in [0.2, 0.25) is 0 Å². The number of hydrogen-bond acceptors (Lipinski definition) is 6. The van der Waals surface area contributed by atoms with E-state index in [2.05, 4.69) is 5.32 Å². The fourth-order valence-corrected chi connectivity index (χ4v) is 1.56. The van der Waals surface area contributed by atoms with Gasteiger partial charge in [-0.1, -0.05) is 13.0 Å². The monoisotopic (exact) mass is 282 g/mol. The lowest BCUT2D eigenvalue weighted by Gasteiger charge is -2.10. The molecule has 0 saturated carbocycles. The number of nitrogens with zero attached hydrogens (tertiary/aromatic N) is 1. The number of anilines is 1. The average molecular weight is 282 g/mol. The molecule has 0 saturated heterocycles. The molecule has 0 amide bonds. The molecule has 0 aliphatic rings. The molecule has 110 valence electrons. The van der Waals surface area contributed by atoms with Gasteiger partial charge in [0.1, 0.15) is 12.2 Å². The predicted octanol–water partition coefficient (Wildman–Crippen LogP) is 2.36. The topological polar surface area (TPSA) is 90.7 Å². The van der Waals surface area contributed by atoms with Crippen molar-refractivity contribution >= 4 is 17.3 Å². The lowest BCUT2D eigenvalue weighted by molar-refractivity contribution is -0.384. The zero-order valence-corrected chi connectivity index (χ0v) is 11.5. The number of esters is 1. The lowest BCUT2D eigenvalue weighted by Crippen LogP contribution is -2.17. The third kappa shape index (κ3) is 4.42. The second-order valence-corrected chi connectivity index (χ2v) is 3.92. The van der Waals surface area contributed by atoms with Crippen LogP contribution >= 0.6 is 0 Å². The number of benzene rings is 1. The summed E-state index contributed by atoms with van der Waals surface area (Å²) in [5.74, 6) is -0.285. The van der Waals surface area contributed by atoms with Crippen molar-refractivity contribution in [2.24, 2.45) is 0 Å². The first-order valence-electron chi connectivity index (χ1n) is 6.39. The van der Waals surface area contributed by atoms with Crippen LogP contribution in [0, 0.1) is 10.1 Å². The van der Waals surface area contributed by atoms with Gasteiger partial charge in [0.05, 0.1) is 18.1 Å². The molecule has 0 aliphatic heterocycles. The summed E-state index contributed by atoms with van der Waals surface area (Å²) in [5, 5.41) is 13.8. The van der Waals surface area contributed by atoms with Crippen LogP contribution in [0.25, 0.3) is 0 Å². The van der Waals surface area contributed by atoms with Crippen LogP contribution in [0.4, 0.5) is 11.4 Å². The molecule has 1 N–H and O–H groups in total. The van der Waals surface area contributed by atoms with Gasteiger partial charge in [-0.05, 0) is 25.5 Å². The van der Waals surface area contributed by atoms with Gasteiger partial charge in [-0.25, -0.2) is 0 Å². The number of hydrogen-bond donors (Lipinski definition) is 1. The highest BCUT2D eigenvalue weighted by Gasteiger charge is 2.21. The van der Waals surface area contributed by atoms with Gasteiger partial charge >= 0.3 is 11.7 Å². The Labute approximate surface area is 117 Å². The Morgan fingerprint density at radius 3 is 2.75 bits per heavy atom. The van der Waals surface area contributed by atoms with Gasteiger partial charge in [-0.15, -0.1) is 0 Å². The highest BCUT2D eigenvalue weighted by molar-refractivity contribution is 5.78. The van der Waals surface area contributed by atoms with E-state index in [1.54, 1.807) is 13.0 Å². The molecule has 1 rings (SSSR count). The van der Waals surface area contributed by atoms with Crippen LogP contribution in [0.15, 0.2) is 18.2 Å². The highest BCUT2D eigenvalue weighted by Crippen LogP contribution is 2.34. The minimum atomic E-state index is -0.529. The van der Waals surface area contributed by atoms with Crippen molar-refractivity contribution in [3.63, 3.8) is 0 Å². The Kier molecular flexibility index (Phi) is 6.28. The van der Waals surface area contributed by atoms with E-state index in [0.717, 1.165) is 6.42 Å². The third-order valence-electron chi connectivity index (χ3n) is 2.37. The number of nitrogens with one attached hydrogen (secondary N) is 1. The first-order valence-corrected chi connectivity index (χ1v) is 6.39. The Hall–Kier alpha value is -2.31. The Morgan fingerprint density at radius 2 is 2.15 bits per heavy atom. The van der Waals surface area contributed by atoms with Crippen LogP contribution in [-0.4, -0.2) is 30.7 Å². The number of nitro benzene ring substituents is 1. The number of carbonyl (C=O) groups is 1. The maximum atomic E-state index is 11.3. The number of carbonyl (C=O) groups excluding carboxylic acids is 1. The normalized spacial score (nSPS) is 9.90. The molecule has 0 atom stereocenters.